The van der Waals surface area contributed by atoms with E-state index in [9.17, 15) is 9.00 Å². The van der Waals surface area contributed by atoms with Crippen molar-refractivity contribution in [3.05, 3.63) is 69.7 Å². The quantitative estimate of drug-likeness (QED) is 0.766. The molecule has 2 rings (SSSR count). The third-order valence-corrected chi connectivity index (χ3v) is 4.78. The van der Waals surface area contributed by atoms with Crippen molar-refractivity contribution in [2.24, 2.45) is 0 Å². The summed E-state index contributed by atoms with van der Waals surface area (Å²) in [6, 6.07) is 15.0. The zero-order valence-corrected chi connectivity index (χ0v) is 13.5. The SMILES string of the molecule is Cc1ccccc1CS(=O)CC(=O)c1ccc(Br)cc1. The molecular formula is C16H15BrO2S. The van der Waals surface area contributed by atoms with Crippen LogP contribution in [0.4, 0.5) is 0 Å². The van der Waals surface area contributed by atoms with E-state index in [2.05, 4.69) is 15.9 Å². The van der Waals surface area contributed by atoms with Crippen LogP contribution in [0.1, 0.15) is 21.5 Å². The Labute approximate surface area is 129 Å². The normalized spacial score (nSPS) is 12.1. The van der Waals surface area contributed by atoms with E-state index in [1.807, 2.05) is 43.3 Å². The van der Waals surface area contributed by atoms with Crippen molar-refractivity contribution in [1.82, 2.24) is 0 Å². The van der Waals surface area contributed by atoms with Crippen molar-refractivity contribution in [2.45, 2.75) is 12.7 Å². The molecule has 20 heavy (non-hydrogen) atoms. The van der Waals surface area contributed by atoms with Crippen LogP contribution in [0.2, 0.25) is 0 Å². The fraction of sp³-hybridized carbons (Fsp3) is 0.188. The fourth-order valence-electron chi connectivity index (χ4n) is 1.86. The first-order chi connectivity index (χ1) is 9.56. The second kappa shape index (κ2) is 6.95. The number of benzene rings is 2. The van der Waals surface area contributed by atoms with Gasteiger partial charge in [-0.3, -0.25) is 9.00 Å². The minimum atomic E-state index is -1.18. The van der Waals surface area contributed by atoms with Gasteiger partial charge in [-0.2, -0.15) is 0 Å². The summed E-state index contributed by atoms with van der Waals surface area (Å²) < 4.78 is 13.0. The average molecular weight is 351 g/mol. The Bertz CT molecular complexity index is 635. The lowest BCUT2D eigenvalue weighted by Crippen LogP contribution is -2.12. The Morgan fingerprint density at radius 1 is 1.10 bits per heavy atom. The summed E-state index contributed by atoms with van der Waals surface area (Å²) >= 11 is 3.33. The summed E-state index contributed by atoms with van der Waals surface area (Å²) in [4.78, 5) is 12.0. The molecule has 0 radical (unpaired) electrons. The third kappa shape index (κ3) is 4.12. The van der Waals surface area contributed by atoms with Gasteiger partial charge in [-0.1, -0.05) is 52.3 Å². The summed E-state index contributed by atoms with van der Waals surface area (Å²) in [5, 5.41) is 0. The van der Waals surface area contributed by atoms with Gasteiger partial charge in [0.2, 0.25) is 0 Å². The van der Waals surface area contributed by atoms with Crippen LogP contribution in [0.25, 0.3) is 0 Å². The molecule has 0 spiro atoms. The highest BCUT2D eigenvalue weighted by Crippen LogP contribution is 2.13. The molecule has 0 amide bonds. The molecule has 0 aliphatic rings. The van der Waals surface area contributed by atoms with E-state index < -0.39 is 10.8 Å². The summed E-state index contributed by atoms with van der Waals surface area (Å²) in [6.07, 6.45) is 0. The highest BCUT2D eigenvalue weighted by molar-refractivity contribution is 9.10. The molecular weight excluding hydrogens is 336 g/mol. The van der Waals surface area contributed by atoms with Gasteiger partial charge in [0, 0.05) is 26.6 Å². The number of hydrogen-bond donors (Lipinski definition) is 0. The minimum Gasteiger partial charge on any atom is -0.293 e. The molecule has 0 heterocycles. The first-order valence-corrected chi connectivity index (χ1v) is 8.52. The van der Waals surface area contributed by atoms with E-state index in [0.717, 1.165) is 15.6 Å². The number of halogens is 1. The first kappa shape index (κ1) is 15.1. The van der Waals surface area contributed by atoms with Crippen LogP contribution in [-0.4, -0.2) is 15.7 Å². The number of Topliss-reactive ketones (excluding diaryl/α,β-unsaturated/α-hetero) is 1. The molecule has 1 atom stereocenters. The lowest BCUT2D eigenvalue weighted by atomic mass is 10.1. The van der Waals surface area contributed by atoms with Crippen LogP contribution < -0.4 is 0 Å². The second-order valence-corrected chi connectivity index (χ2v) is 6.96. The number of carbonyl (C=O) groups is 1. The van der Waals surface area contributed by atoms with E-state index in [1.165, 1.54) is 0 Å². The first-order valence-electron chi connectivity index (χ1n) is 6.24. The zero-order valence-electron chi connectivity index (χ0n) is 11.1. The highest BCUT2D eigenvalue weighted by Gasteiger charge is 2.11. The Kier molecular flexibility index (Phi) is 5.26. The Hall–Kier alpha value is -1.26. The summed E-state index contributed by atoms with van der Waals surface area (Å²) in [5.74, 6) is 0.412. The monoisotopic (exact) mass is 350 g/mol. The number of aryl methyl sites for hydroxylation is 1. The number of rotatable bonds is 5. The maximum atomic E-state index is 12.1. The van der Waals surface area contributed by atoms with Gasteiger partial charge in [0.15, 0.2) is 5.78 Å². The highest BCUT2D eigenvalue weighted by atomic mass is 79.9. The van der Waals surface area contributed by atoms with Gasteiger partial charge in [0.25, 0.3) is 0 Å². The van der Waals surface area contributed by atoms with Crippen molar-refractivity contribution in [2.75, 3.05) is 5.75 Å². The van der Waals surface area contributed by atoms with E-state index in [0.29, 0.717) is 11.3 Å². The molecule has 0 fully saturated rings. The van der Waals surface area contributed by atoms with Gasteiger partial charge in [0.1, 0.15) is 0 Å². The summed E-state index contributed by atoms with van der Waals surface area (Å²) in [7, 11) is -1.18. The smallest absolute Gasteiger partial charge is 0.175 e. The Morgan fingerprint density at radius 3 is 2.40 bits per heavy atom. The van der Waals surface area contributed by atoms with Crippen molar-refractivity contribution in [1.29, 1.82) is 0 Å². The summed E-state index contributed by atoms with van der Waals surface area (Å²) in [6.45, 7) is 1.99. The third-order valence-electron chi connectivity index (χ3n) is 3.04. The maximum Gasteiger partial charge on any atom is 0.175 e. The van der Waals surface area contributed by atoms with Gasteiger partial charge >= 0.3 is 0 Å². The fourth-order valence-corrected chi connectivity index (χ4v) is 3.36. The second-order valence-electron chi connectivity index (χ2n) is 4.59. The molecule has 0 aliphatic heterocycles. The molecule has 2 aromatic rings. The zero-order chi connectivity index (χ0) is 14.5. The van der Waals surface area contributed by atoms with Gasteiger partial charge in [-0.05, 0) is 30.2 Å². The average Bonchev–Trinajstić information content (AvgIpc) is 2.42. The van der Waals surface area contributed by atoms with Gasteiger partial charge in [-0.25, -0.2) is 0 Å². The summed E-state index contributed by atoms with van der Waals surface area (Å²) in [5.41, 5.74) is 2.75. The topological polar surface area (TPSA) is 34.1 Å². The van der Waals surface area contributed by atoms with Crippen molar-refractivity contribution < 1.29 is 9.00 Å². The molecule has 2 nitrogen and oxygen atoms in total. The molecule has 104 valence electrons. The van der Waals surface area contributed by atoms with E-state index in [-0.39, 0.29) is 11.5 Å². The van der Waals surface area contributed by atoms with Crippen LogP contribution >= 0.6 is 15.9 Å². The Balaban J connectivity index is 2.00. The van der Waals surface area contributed by atoms with Crippen LogP contribution in [0.15, 0.2) is 53.0 Å². The molecule has 0 bridgehead atoms. The number of hydrogen-bond acceptors (Lipinski definition) is 2. The lowest BCUT2D eigenvalue weighted by molar-refractivity contribution is 0.102. The molecule has 0 aliphatic carbocycles. The van der Waals surface area contributed by atoms with Gasteiger partial charge < -0.3 is 0 Å². The lowest BCUT2D eigenvalue weighted by Gasteiger charge is -2.05. The van der Waals surface area contributed by atoms with Crippen molar-refractivity contribution >= 4 is 32.5 Å². The predicted octanol–water partition coefficient (Wildman–Crippen LogP) is 3.89. The van der Waals surface area contributed by atoms with Crippen molar-refractivity contribution in [3.8, 4) is 0 Å². The number of ketones is 1. The van der Waals surface area contributed by atoms with E-state index in [4.69, 9.17) is 0 Å². The molecule has 0 saturated carbocycles. The molecule has 1 unspecified atom stereocenters. The molecule has 0 N–H and O–H groups in total. The van der Waals surface area contributed by atoms with Crippen LogP contribution in [0, 0.1) is 6.92 Å². The standard InChI is InChI=1S/C16H15BrO2S/c1-12-4-2-3-5-14(12)10-20(19)11-16(18)13-6-8-15(17)9-7-13/h2-9H,10-11H2,1H3. The predicted molar refractivity (Wildman–Crippen MR) is 86.4 cm³/mol. The largest absolute Gasteiger partial charge is 0.293 e. The van der Waals surface area contributed by atoms with Crippen LogP contribution in [0.5, 0.6) is 0 Å². The minimum absolute atomic E-state index is 0.0654. The van der Waals surface area contributed by atoms with E-state index >= 15 is 0 Å². The Morgan fingerprint density at radius 2 is 1.75 bits per heavy atom. The van der Waals surface area contributed by atoms with Crippen LogP contribution in [-0.2, 0) is 16.6 Å². The molecule has 0 aromatic heterocycles. The number of carbonyl (C=O) groups excluding carboxylic acids is 1. The van der Waals surface area contributed by atoms with Crippen LogP contribution in [0.3, 0.4) is 0 Å². The molecule has 0 saturated heterocycles. The van der Waals surface area contributed by atoms with E-state index in [1.54, 1.807) is 12.1 Å². The van der Waals surface area contributed by atoms with Gasteiger partial charge in [0.05, 0.1) is 5.75 Å². The maximum absolute atomic E-state index is 12.1. The van der Waals surface area contributed by atoms with Gasteiger partial charge in [-0.15, -0.1) is 0 Å². The molecule has 2 aromatic carbocycles. The molecule has 4 heteroatoms. The van der Waals surface area contributed by atoms with Crippen molar-refractivity contribution in [3.63, 3.8) is 0 Å².